The second-order valence-electron chi connectivity index (χ2n) is 8.60. The third kappa shape index (κ3) is 5.12. The molecule has 7 nitrogen and oxygen atoms in total. The summed E-state index contributed by atoms with van der Waals surface area (Å²) in [4.78, 5) is 13.2. The van der Waals surface area contributed by atoms with E-state index < -0.39 is 21.7 Å². The second kappa shape index (κ2) is 8.42. The minimum atomic E-state index is -3.71. The molecular weight excluding hydrogens is 416 g/mol. The molecule has 8 heteroatoms. The SMILES string of the molecule is COc1ccc(N([C@@H](C)C(=O)N[C@H]2CC(C)(C)Oc3ccc(C)cc32)S(C)(=O)=O)cc1. The van der Waals surface area contributed by atoms with E-state index in [1.54, 1.807) is 31.2 Å². The Labute approximate surface area is 184 Å². The number of aryl methyl sites for hydroxylation is 1. The maximum absolute atomic E-state index is 13.2. The minimum absolute atomic E-state index is 0.286. The molecule has 1 amide bonds. The fraction of sp³-hybridized carbons (Fsp3) is 0.435. The van der Waals surface area contributed by atoms with Crippen LogP contribution in [0.1, 0.15) is 44.4 Å². The van der Waals surface area contributed by atoms with Crippen LogP contribution in [-0.4, -0.2) is 39.3 Å². The summed E-state index contributed by atoms with van der Waals surface area (Å²) in [7, 11) is -2.17. The van der Waals surface area contributed by atoms with E-state index in [4.69, 9.17) is 9.47 Å². The lowest BCUT2D eigenvalue weighted by Crippen LogP contribution is -2.50. The Morgan fingerprint density at radius 3 is 2.45 bits per heavy atom. The molecule has 3 rings (SSSR count). The van der Waals surface area contributed by atoms with Crippen LogP contribution in [0, 0.1) is 6.92 Å². The Bertz CT molecular complexity index is 1060. The van der Waals surface area contributed by atoms with Crippen LogP contribution >= 0.6 is 0 Å². The lowest BCUT2D eigenvalue weighted by atomic mass is 9.89. The Morgan fingerprint density at radius 1 is 1.23 bits per heavy atom. The first-order valence-corrected chi connectivity index (χ1v) is 12.0. The smallest absolute Gasteiger partial charge is 0.244 e. The van der Waals surface area contributed by atoms with E-state index in [1.807, 2.05) is 39.0 Å². The first-order chi connectivity index (χ1) is 14.4. The predicted molar refractivity (Wildman–Crippen MR) is 121 cm³/mol. The normalized spacial score (nSPS) is 18.3. The number of rotatable bonds is 6. The van der Waals surface area contributed by atoms with E-state index in [-0.39, 0.29) is 11.9 Å². The predicted octanol–water partition coefficient (Wildman–Crippen LogP) is 3.58. The molecule has 168 valence electrons. The van der Waals surface area contributed by atoms with Crippen LogP contribution in [0.5, 0.6) is 11.5 Å². The van der Waals surface area contributed by atoms with Crippen molar-refractivity contribution in [3.05, 3.63) is 53.6 Å². The number of nitrogens with one attached hydrogen (secondary N) is 1. The van der Waals surface area contributed by atoms with E-state index in [0.29, 0.717) is 17.9 Å². The molecule has 0 aliphatic carbocycles. The van der Waals surface area contributed by atoms with Gasteiger partial charge in [0, 0.05) is 12.0 Å². The van der Waals surface area contributed by atoms with Crippen molar-refractivity contribution < 1.29 is 22.7 Å². The highest BCUT2D eigenvalue weighted by Crippen LogP contribution is 2.40. The number of carbonyl (C=O) groups is 1. The molecule has 1 N–H and O–H groups in total. The van der Waals surface area contributed by atoms with E-state index >= 15 is 0 Å². The van der Waals surface area contributed by atoms with Crippen LogP contribution in [0.25, 0.3) is 0 Å². The van der Waals surface area contributed by atoms with Gasteiger partial charge in [-0.15, -0.1) is 0 Å². The summed E-state index contributed by atoms with van der Waals surface area (Å²) in [5, 5.41) is 3.05. The fourth-order valence-electron chi connectivity index (χ4n) is 3.93. The minimum Gasteiger partial charge on any atom is -0.497 e. The molecule has 0 fully saturated rings. The zero-order valence-electron chi connectivity index (χ0n) is 18.8. The molecule has 0 saturated heterocycles. The van der Waals surface area contributed by atoms with Crippen molar-refractivity contribution in [1.29, 1.82) is 0 Å². The number of amides is 1. The summed E-state index contributed by atoms with van der Waals surface area (Å²) < 4.78 is 37.5. The summed E-state index contributed by atoms with van der Waals surface area (Å²) in [6, 6.07) is 11.2. The van der Waals surface area contributed by atoms with Crippen molar-refractivity contribution >= 4 is 21.6 Å². The Morgan fingerprint density at radius 2 is 1.87 bits per heavy atom. The number of sulfonamides is 1. The van der Waals surface area contributed by atoms with Crippen LogP contribution in [-0.2, 0) is 14.8 Å². The van der Waals surface area contributed by atoms with Gasteiger partial charge in [-0.05, 0) is 58.0 Å². The summed E-state index contributed by atoms with van der Waals surface area (Å²) in [5.41, 5.74) is 1.89. The molecule has 0 saturated carbocycles. The number of fused-ring (bicyclic) bond motifs is 1. The van der Waals surface area contributed by atoms with Gasteiger partial charge in [0.05, 0.1) is 25.1 Å². The van der Waals surface area contributed by atoms with Crippen molar-refractivity contribution in [1.82, 2.24) is 5.32 Å². The van der Waals surface area contributed by atoms with Gasteiger partial charge in [-0.2, -0.15) is 0 Å². The molecular formula is C23H30N2O5S. The monoisotopic (exact) mass is 446 g/mol. The third-order valence-corrected chi connectivity index (χ3v) is 6.60. The highest BCUT2D eigenvalue weighted by atomic mass is 32.2. The van der Waals surface area contributed by atoms with Crippen molar-refractivity contribution in [2.75, 3.05) is 17.7 Å². The Balaban J connectivity index is 1.89. The van der Waals surface area contributed by atoms with Crippen LogP contribution in [0.4, 0.5) is 5.69 Å². The van der Waals surface area contributed by atoms with Crippen molar-refractivity contribution in [3.63, 3.8) is 0 Å². The average Bonchev–Trinajstić information content (AvgIpc) is 2.67. The summed E-state index contributed by atoms with van der Waals surface area (Å²) in [5.74, 6) is 0.956. The van der Waals surface area contributed by atoms with Crippen LogP contribution < -0.4 is 19.1 Å². The van der Waals surface area contributed by atoms with E-state index in [2.05, 4.69) is 5.32 Å². The molecule has 0 radical (unpaired) electrons. The van der Waals surface area contributed by atoms with Gasteiger partial charge in [-0.3, -0.25) is 9.10 Å². The number of anilines is 1. The van der Waals surface area contributed by atoms with E-state index in [0.717, 1.165) is 27.4 Å². The third-order valence-electron chi connectivity index (χ3n) is 5.35. The zero-order chi connectivity index (χ0) is 23.0. The van der Waals surface area contributed by atoms with Gasteiger partial charge in [0.25, 0.3) is 0 Å². The number of ether oxygens (including phenoxy) is 2. The molecule has 31 heavy (non-hydrogen) atoms. The van der Waals surface area contributed by atoms with Crippen LogP contribution in [0.15, 0.2) is 42.5 Å². The standard InChI is InChI=1S/C23H30N2O5S/c1-15-7-12-21-19(13-15)20(14-23(3,4)30-21)24-22(26)16(2)25(31(6,27)28)17-8-10-18(29-5)11-9-17/h7-13,16,20H,14H2,1-6H3,(H,24,26)/t16-,20-/m0/s1. The molecule has 0 aromatic heterocycles. The molecule has 0 unspecified atom stereocenters. The van der Waals surface area contributed by atoms with Gasteiger partial charge in [0.1, 0.15) is 23.1 Å². The molecule has 2 aromatic rings. The first-order valence-electron chi connectivity index (χ1n) is 10.1. The number of hydrogen-bond acceptors (Lipinski definition) is 5. The van der Waals surface area contributed by atoms with Gasteiger partial charge in [-0.25, -0.2) is 8.42 Å². The van der Waals surface area contributed by atoms with Crippen molar-refractivity contribution in [3.8, 4) is 11.5 Å². The van der Waals surface area contributed by atoms with Gasteiger partial charge in [-0.1, -0.05) is 17.7 Å². The zero-order valence-corrected chi connectivity index (χ0v) is 19.6. The molecule has 1 aliphatic heterocycles. The maximum atomic E-state index is 13.2. The molecule has 1 aliphatic rings. The van der Waals surface area contributed by atoms with Gasteiger partial charge in [0.15, 0.2) is 0 Å². The molecule has 1 heterocycles. The molecule has 2 atom stereocenters. The summed E-state index contributed by atoms with van der Waals surface area (Å²) in [6.45, 7) is 7.51. The number of nitrogens with zero attached hydrogens (tertiary/aromatic N) is 1. The van der Waals surface area contributed by atoms with Gasteiger partial charge >= 0.3 is 0 Å². The number of benzene rings is 2. The van der Waals surface area contributed by atoms with Gasteiger partial charge < -0.3 is 14.8 Å². The van der Waals surface area contributed by atoms with Crippen LogP contribution in [0.3, 0.4) is 0 Å². The Hall–Kier alpha value is -2.74. The molecule has 0 spiro atoms. The lowest BCUT2D eigenvalue weighted by molar-refractivity contribution is -0.123. The molecule has 2 aromatic carbocycles. The Kier molecular flexibility index (Phi) is 6.23. The van der Waals surface area contributed by atoms with Crippen LogP contribution in [0.2, 0.25) is 0 Å². The maximum Gasteiger partial charge on any atom is 0.244 e. The summed E-state index contributed by atoms with van der Waals surface area (Å²) >= 11 is 0. The summed E-state index contributed by atoms with van der Waals surface area (Å²) in [6.07, 6.45) is 1.67. The molecule has 0 bridgehead atoms. The van der Waals surface area contributed by atoms with Crippen molar-refractivity contribution in [2.45, 2.75) is 51.8 Å². The average molecular weight is 447 g/mol. The number of methoxy groups -OCH3 is 1. The lowest BCUT2D eigenvalue weighted by Gasteiger charge is -2.39. The topological polar surface area (TPSA) is 84.9 Å². The van der Waals surface area contributed by atoms with Crippen molar-refractivity contribution in [2.24, 2.45) is 0 Å². The number of carbonyl (C=O) groups excluding carboxylic acids is 1. The highest BCUT2D eigenvalue weighted by molar-refractivity contribution is 7.92. The number of hydrogen-bond donors (Lipinski definition) is 1. The fourth-order valence-corrected chi connectivity index (χ4v) is 5.11. The van der Waals surface area contributed by atoms with E-state index in [1.165, 1.54) is 7.11 Å². The largest absolute Gasteiger partial charge is 0.497 e. The first kappa shape index (κ1) is 22.9. The van der Waals surface area contributed by atoms with Gasteiger partial charge in [0.2, 0.25) is 15.9 Å². The quantitative estimate of drug-likeness (QED) is 0.733. The highest BCUT2D eigenvalue weighted by Gasteiger charge is 2.37. The second-order valence-corrected chi connectivity index (χ2v) is 10.5. The van der Waals surface area contributed by atoms with E-state index in [9.17, 15) is 13.2 Å².